The second kappa shape index (κ2) is 5.52. The lowest BCUT2D eigenvalue weighted by Gasteiger charge is -2.19. The van der Waals surface area contributed by atoms with E-state index in [-0.39, 0.29) is 11.2 Å². The molecule has 84 valence electrons. The molecule has 2 nitrogen and oxygen atoms in total. The second-order valence-corrected chi connectivity index (χ2v) is 5.32. The van der Waals surface area contributed by atoms with E-state index in [4.69, 9.17) is 9.47 Å². The first-order valence-corrected chi connectivity index (χ1v) is 5.14. The van der Waals surface area contributed by atoms with Crippen LogP contribution in [-0.2, 0) is 9.47 Å². The van der Waals surface area contributed by atoms with E-state index in [1.54, 1.807) is 0 Å². The van der Waals surface area contributed by atoms with Crippen molar-refractivity contribution in [3.05, 3.63) is 12.2 Å². The van der Waals surface area contributed by atoms with Crippen LogP contribution in [0.15, 0.2) is 12.2 Å². The van der Waals surface area contributed by atoms with Crippen LogP contribution in [0.2, 0.25) is 0 Å². The predicted octanol–water partition coefficient (Wildman–Crippen LogP) is 3.17. The molecular formula is C12H24O2. The summed E-state index contributed by atoms with van der Waals surface area (Å²) in [6.07, 6.45) is 3.99. The fraction of sp³-hybridized carbons (Fsp3) is 0.833. The quantitative estimate of drug-likeness (QED) is 0.649. The van der Waals surface area contributed by atoms with Crippen molar-refractivity contribution < 1.29 is 9.47 Å². The van der Waals surface area contributed by atoms with Crippen LogP contribution in [0.1, 0.15) is 41.5 Å². The van der Waals surface area contributed by atoms with Gasteiger partial charge in [-0.15, -0.1) is 0 Å². The van der Waals surface area contributed by atoms with E-state index < -0.39 is 0 Å². The Bertz CT molecular complexity index is 150. The molecule has 0 aliphatic carbocycles. The lowest BCUT2D eigenvalue weighted by atomic mass is 10.2. The highest BCUT2D eigenvalue weighted by Crippen LogP contribution is 2.07. The Morgan fingerprint density at radius 1 is 0.714 bits per heavy atom. The molecule has 0 fully saturated rings. The average Bonchev–Trinajstić information content (AvgIpc) is 1.92. The molecule has 0 aromatic carbocycles. The van der Waals surface area contributed by atoms with Crippen LogP contribution in [-0.4, -0.2) is 24.4 Å². The van der Waals surface area contributed by atoms with Crippen molar-refractivity contribution in [2.75, 3.05) is 13.2 Å². The maximum absolute atomic E-state index is 5.52. The summed E-state index contributed by atoms with van der Waals surface area (Å²) in [7, 11) is 0. The summed E-state index contributed by atoms with van der Waals surface area (Å²) in [4.78, 5) is 0. The Balaban J connectivity index is 3.47. The summed E-state index contributed by atoms with van der Waals surface area (Å²) in [6, 6.07) is 0. The summed E-state index contributed by atoms with van der Waals surface area (Å²) < 4.78 is 11.0. The molecule has 0 spiro atoms. The highest BCUT2D eigenvalue weighted by molar-refractivity contribution is 4.83. The van der Waals surface area contributed by atoms with Gasteiger partial charge >= 0.3 is 0 Å². The molecule has 0 amide bonds. The largest absolute Gasteiger partial charge is 0.372 e. The summed E-state index contributed by atoms with van der Waals surface area (Å²) >= 11 is 0. The molecule has 0 aromatic heterocycles. The van der Waals surface area contributed by atoms with Gasteiger partial charge in [-0.3, -0.25) is 0 Å². The van der Waals surface area contributed by atoms with Gasteiger partial charge in [0.2, 0.25) is 0 Å². The van der Waals surface area contributed by atoms with Crippen LogP contribution in [0.3, 0.4) is 0 Å². The van der Waals surface area contributed by atoms with Gasteiger partial charge in [0.1, 0.15) is 0 Å². The summed E-state index contributed by atoms with van der Waals surface area (Å²) in [6.45, 7) is 13.6. The molecule has 0 rings (SSSR count). The van der Waals surface area contributed by atoms with Crippen molar-refractivity contribution in [2.24, 2.45) is 0 Å². The van der Waals surface area contributed by atoms with Gasteiger partial charge in [-0.25, -0.2) is 0 Å². The van der Waals surface area contributed by atoms with Gasteiger partial charge in [-0.2, -0.15) is 0 Å². The van der Waals surface area contributed by atoms with Gasteiger partial charge in [0.05, 0.1) is 24.4 Å². The standard InChI is InChI=1S/C12H24O2/c1-11(2,3)13-9-7-8-10-14-12(4,5)6/h7-8H,9-10H2,1-6H3. The van der Waals surface area contributed by atoms with Crippen molar-refractivity contribution >= 4 is 0 Å². The molecule has 0 aliphatic heterocycles. The molecule has 0 bridgehead atoms. The Labute approximate surface area is 88.3 Å². The lowest BCUT2D eigenvalue weighted by Crippen LogP contribution is -2.20. The first-order valence-electron chi connectivity index (χ1n) is 5.14. The minimum absolute atomic E-state index is 0.0603. The van der Waals surface area contributed by atoms with Crippen molar-refractivity contribution in [3.63, 3.8) is 0 Å². The molecule has 0 unspecified atom stereocenters. The van der Waals surface area contributed by atoms with Gasteiger partial charge in [-0.05, 0) is 41.5 Å². The fourth-order valence-electron chi connectivity index (χ4n) is 0.732. The lowest BCUT2D eigenvalue weighted by molar-refractivity contribution is 0.00911. The molecule has 0 heterocycles. The van der Waals surface area contributed by atoms with Crippen molar-refractivity contribution in [3.8, 4) is 0 Å². The molecule has 0 saturated carbocycles. The third-order valence-electron chi connectivity index (χ3n) is 1.39. The number of ether oxygens (including phenoxy) is 2. The minimum Gasteiger partial charge on any atom is -0.372 e. The van der Waals surface area contributed by atoms with Crippen LogP contribution in [0.4, 0.5) is 0 Å². The minimum atomic E-state index is -0.0603. The van der Waals surface area contributed by atoms with E-state index in [0.29, 0.717) is 13.2 Å². The first-order chi connectivity index (χ1) is 6.21. The van der Waals surface area contributed by atoms with E-state index in [0.717, 1.165) is 0 Å². The zero-order valence-corrected chi connectivity index (χ0v) is 10.4. The Morgan fingerprint density at radius 3 is 1.21 bits per heavy atom. The zero-order valence-electron chi connectivity index (χ0n) is 10.4. The highest BCUT2D eigenvalue weighted by atomic mass is 16.5. The van der Waals surface area contributed by atoms with Crippen molar-refractivity contribution in [2.45, 2.75) is 52.7 Å². The monoisotopic (exact) mass is 200 g/mol. The van der Waals surface area contributed by atoms with Crippen LogP contribution < -0.4 is 0 Å². The average molecular weight is 200 g/mol. The maximum atomic E-state index is 5.52. The Morgan fingerprint density at radius 2 is 1.00 bits per heavy atom. The van der Waals surface area contributed by atoms with Gasteiger partial charge in [0, 0.05) is 0 Å². The topological polar surface area (TPSA) is 18.5 Å². The molecule has 0 aliphatic rings. The third-order valence-corrected chi connectivity index (χ3v) is 1.39. The molecule has 14 heavy (non-hydrogen) atoms. The van der Waals surface area contributed by atoms with Crippen LogP contribution in [0.5, 0.6) is 0 Å². The molecule has 0 atom stereocenters. The van der Waals surface area contributed by atoms with E-state index in [2.05, 4.69) is 0 Å². The van der Waals surface area contributed by atoms with Gasteiger partial charge in [0.15, 0.2) is 0 Å². The van der Waals surface area contributed by atoms with E-state index in [1.165, 1.54) is 0 Å². The van der Waals surface area contributed by atoms with Crippen LogP contribution in [0, 0.1) is 0 Å². The highest BCUT2D eigenvalue weighted by Gasteiger charge is 2.08. The summed E-state index contributed by atoms with van der Waals surface area (Å²) in [5.74, 6) is 0. The van der Waals surface area contributed by atoms with Gasteiger partial charge in [-0.1, -0.05) is 12.2 Å². The summed E-state index contributed by atoms with van der Waals surface area (Å²) in [5.41, 5.74) is -0.121. The predicted molar refractivity (Wildman–Crippen MR) is 60.6 cm³/mol. The van der Waals surface area contributed by atoms with E-state index in [9.17, 15) is 0 Å². The Kier molecular flexibility index (Phi) is 5.38. The van der Waals surface area contributed by atoms with Crippen molar-refractivity contribution in [1.29, 1.82) is 0 Å². The van der Waals surface area contributed by atoms with Crippen LogP contribution in [0.25, 0.3) is 0 Å². The summed E-state index contributed by atoms with van der Waals surface area (Å²) in [5, 5.41) is 0. The Hall–Kier alpha value is -0.340. The second-order valence-electron chi connectivity index (χ2n) is 5.32. The molecule has 2 heteroatoms. The molecule has 0 saturated heterocycles. The molecule has 0 aromatic rings. The third kappa shape index (κ3) is 11.7. The number of hydrogen-bond acceptors (Lipinski definition) is 2. The smallest absolute Gasteiger partial charge is 0.0655 e. The zero-order chi connectivity index (χ0) is 11.2. The van der Waals surface area contributed by atoms with Crippen LogP contribution >= 0.6 is 0 Å². The number of hydrogen-bond donors (Lipinski definition) is 0. The number of rotatable bonds is 4. The normalized spacial score (nSPS) is 13.9. The van der Waals surface area contributed by atoms with Crippen molar-refractivity contribution in [1.82, 2.24) is 0 Å². The molecular weight excluding hydrogens is 176 g/mol. The van der Waals surface area contributed by atoms with E-state index >= 15 is 0 Å². The molecule has 0 radical (unpaired) electrons. The SMILES string of the molecule is CC(C)(C)OCC=CCOC(C)(C)C. The van der Waals surface area contributed by atoms with Gasteiger partial charge < -0.3 is 9.47 Å². The van der Waals surface area contributed by atoms with E-state index in [1.807, 2.05) is 53.7 Å². The fourth-order valence-corrected chi connectivity index (χ4v) is 0.732. The maximum Gasteiger partial charge on any atom is 0.0655 e. The first kappa shape index (κ1) is 13.7. The van der Waals surface area contributed by atoms with Gasteiger partial charge in [0.25, 0.3) is 0 Å². The molecule has 0 N–H and O–H groups in total.